The molecule has 1 aromatic carbocycles. The van der Waals surface area contributed by atoms with E-state index in [9.17, 15) is 13.2 Å². The first-order valence-electron chi connectivity index (χ1n) is 6.65. The van der Waals surface area contributed by atoms with Gasteiger partial charge in [-0.25, -0.2) is 4.79 Å². The summed E-state index contributed by atoms with van der Waals surface area (Å²) in [5.74, 6) is 0.426. The lowest BCUT2D eigenvalue weighted by Gasteiger charge is -2.31. The first kappa shape index (κ1) is 19.8. The van der Waals surface area contributed by atoms with E-state index in [4.69, 9.17) is 8.37 Å². The molecule has 7 nitrogen and oxygen atoms in total. The largest absolute Gasteiger partial charge is 0.414 e. The zero-order valence-corrected chi connectivity index (χ0v) is 16.0. The Kier molecular flexibility index (Phi) is 6.08. The van der Waals surface area contributed by atoms with Gasteiger partial charge in [0.1, 0.15) is 5.75 Å². The van der Waals surface area contributed by atoms with Crippen LogP contribution in [0.4, 0.5) is 4.79 Å². The molecule has 0 aliphatic carbocycles. The summed E-state index contributed by atoms with van der Waals surface area (Å²) in [6.07, 6.45) is 2.93. The van der Waals surface area contributed by atoms with Crippen LogP contribution in [0.2, 0.25) is 0 Å². The second kappa shape index (κ2) is 7.08. The number of amides is 1. The number of benzene rings is 1. The van der Waals surface area contributed by atoms with Gasteiger partial charge in [-0.05, 0) is 49.6 Å². The lowest BCUT2D eigenvalue weighted by molar-refractivity contribution is 0.171. The summed E-state index contributed by atoms with van der Waals surface area (Å²) >= 11 is 0. The Labute approximate surface area is 139 Å². The van der Waals surface area contributed by atoms with Gasteiger partial charge in [-0.15, -0.1) is 0 Å². The van der Waals surface area contributed by atoms with Crippen LogP contribution in [0.15, 0.2) is 17.0 Å². The number of nitrogens with zero attached hydrogens (tertiary/aromatic N) is 1. The molecule has 0 N–H and O–H groups in total. The van der Waals surface area contributed by atoms with Crippen molar-refractivity contribution in [1.82, 2.24) is 4.90 Å². The summed E-state index contributed by atoms with van der Waals surface area (Å²) in [6, 6.07) is 3.34. The van der Waals surface area contributed by atoms with Crippen LogP contribution < -0.4 is 4.74 Å². The normalized spacial score (nSPS) is 12.8. The topological polar surface area (TPSA) is 82.1 Å². The maximum absolute atomic E-state index is 11.7. The number of hydrogen-bond donors (Lipinski definition) is 0. The third-order valence-corrected chi connectivity index (χ3v) is 7.17. The predicted molar refractivity (Wildman–Crippen MR) is 90.3 cm³/mol. The van der Waals surface area contributed by atoms with Crippen molar-refractivity contribution in [3.63, 3.8) is 0 Å². The zero-order chi connectivity index (χ0) is 18.0. The van der Waals surface area contributed by atoms with Crippen molar-refractivity contribution >= 4 is 26.8 Å². The highest BCUT2D eigenvalue weighted by molar-refractivity contribution is 8.31. The van der Waals surface area contributed by atoms with Gasteiger partial charge in [0.25, 0.3) is 0 Å². The molecule has 0 unspecified atom stereocenters. The Balaban J connectivity index is 3.21. The van der Waals surface area contributed by atoms with Crippen molar-refractivity contribution in [3.8, 4) is 5.75 Å². The van der Waals surface area contributed by atoms with Gasteiger partial charge in [-0.3, -0.25) is 4.18 Å². The number of ether oxygens (including phenoxy) is 1. The summed E-state index contributed by atoms with van der Waals surface area (Å²) in [5.41, 5.74) is 1.55. The van der Waals surface area contributed by atoms with E-state index in [2.05, 4.69) is 4.18 Å². The van der Waals surface area contributed by atoms with Gasteiger partial charge in [0, 0.05) is 19.0 Å². The van der Waals surface area contributed by atoms with Gasteiger partial charge < -0.3 is 9.64 Å². The fourth-order valence-electron chi connectivity index (χ4n) is 1.87. The highest BCUT2D eigenvalue weighted by Gasteiger charge is 2.27. The molecule has 9 heteroatoms. The predicted octanol–water partition coefficient (Wildman–Crippen LogP) is 2.61. The molecule has 0 saturated carbocycles. The number of rotatable bonds is 5. The molecule has 0 aliphatic rings. The van der Waals surface area contributed by atoms with Crippen molar-refractivity contribution in [1.29, 1.82) is 0 Å². The molecule has 0 saturated heterocycles. The van der Waals surface area contributed by atoms with E-state index < -0.39 is 26.8 Å². The van der Waals surface area contributed by atoms with E-state index in [-0.39, 0.29) is 0 Å². The summed E-state index contributed by atoms with van der Waals surface area (Å²) in [6.45, 7) is 3.63. The molecule has 1 aromatic rings. The smallest absolute Gasteiger partial charge is 0.410 e. The molecular weight excluding hydrogens is 342 g/mol. The molecule has 0 atom stereocenters. The Morgan fingerprint density at radius 3 is 2.13 bits per heavy atom. The Bertz CT molecular complexity index is 697. The summed E-state index contributed by atoms with van der Waals surface area (Å²) in [4.78, 5) is 13.7. The molecule has 1 amide bonds. The minimum absolute atomic E-state index is 0.426. The van der Waals surface area contributed by atoms with E-state index in [1.165, 1.54) is 4.90 Å². The summed E-state index contributed by atoms with van der Waals surface area (Å²) in [7, 11) is -1.92. The minimum atomic E-state index is -4.05. The molecule has 0 aromatic heterocycles. The van der Waals surface area contributed by atoms with Crippen LogP contribution in [0.3, 0.4) is 0 Å². The standard InChI is InChI=1S/C14H23NO6S2/c1-10-11(2)13(22(6,7)21-23(17,18)19-5)9-8-12(10)20-14(16)15(3)4/h8-9H,1-7H3. The SMILES string of the molecule is COS(=O)(=O)OS(C)(C)c1ccc(OC(=O)N(C)C)c(C)c1C. The maximum Gasteiger partial charge on any atom is 0.414 e. The van der Waals surface area contributed by atoms with Gasteiger partial charge in [0.2, 0.25) is 0 Å². The molecule has 0 aliphatic heterocycles. The minimum Gasteiger partial charge on any atom is -0.410 e. The lowest BCUT2D eigenvalue weighted by atomic mass is 10.1. The maximum atomic E-state index is 11.7. The van der Waals surface area contributed by atoms with Gasteiger partial charge >= 0.3 is 16.5 Å². The van der Waals surface area contributed by atoms with Gasteiger partial charge in [-0.2, -0.15) is 12.0 Å². The van der Waals surface area contributed by atoms with Crippen molar-refractivity contribution in [2.24, 2.45) is 0 Å². The quantitative estimate of drug-likeness (QED) is 0.798. The number of carbonyl (C=O) groups excluding carboxylic acids is 1. The average molecular weight is 365 g/mol. The first-order valence-corrected chi connectivity index (χ1v) is 10.4. The van der Waals surface area contributed by atoms with Crippen LogP contribution in [0.1, 0.15) is 11.1 Å². The van der Waals surface area contributed by atoms with E-state index in [0.29, 0.717) is 5.75 Å². The van der Waals surface area contributed by atoms with E-state index in [1.807, 2.05) is 6.92 Å². The Hall–Kier alpha value is -1.29. The van der Waals surface area contributed by atoms with Crippen LogP contribution in [-0.4, -0.2) is 53.1 Å². The molecule has 1 rings (SSSR count). The van der Waals surface area contributed by atoms with Crippen LogP contribution >= 0.6 is 10.3 Å². The molecule has 0 heterocycles. The first-order chi connectivity index (χ1) is 10.4. The third kappa shape index (κ3) is 4.84. The van der Waals surface area contributed by atoms with Crippen LogP contribution in [0.25, 0.3) is 0 Å². The van der Waals surface area contributed by atoms with E-state index in [0.717, 1.165) is 23.1 Å². The van der Waals surface area contributed by atoms with Crippen molar-refractivity contribution in [2.75, 3.05) is 33.7 Å². The van der Waals surface area contributed by atoms with Crippen LogP contribution in [0, 0.1) is 13.8 Å². The Morgan fingerprint density at radius 2 is 1.65 bits per heavy atom. The van der Waals surface area contributed by atoms with Gasteiger partial charge in [-0.1, -0.05) is 10.3 Å². The summed E-state index contributed by atoms with van der Waals surface area (Å²) < 4.78 is 38.0. The molecule has 0 spiro atoms. The summed E-state index contributed by atoms with van der Waals surface area (Å²) in [5, 5.41) is 0. The van der Waals surface area contributed by atoms with Crippen molar-refractivity contribution in [2.45, 2.75) is 18.7 Å². The highest BCUT2D eigenvalue weighted by atomic mass is 32.3. The van der Waals surface area contributed by atoms with Crippen molar-refractivity contribution < 1.29 is 25.8 Å². The lowest BCUT2D eigenvalue weighted by Crippen LogP contribution is -2.25. The molecule has 132 valence electrons. The monoisotopic (exact) mass is 365 g/mol. The van der Waals surface area contributed by atoms with Gasteiger partial charge in [0.15, 0.2) is 0 Å². The molecule has 0 bridgehead atoms. The number of carbonyl (C=O) groups is 1. The molecular formula is C14H23NO6S2. The Morgan fingerprint density at radius 1 is 1.09 bits per heavy atom. The molecule has 0 fully saturated rings. The third-order valence-electron chi connectivity index (χ3n) is 3.24. The molecule has 0 radical (unpaired) electrons. The van der Waals surface area contributed by atoms with Crippen LogP contribution in [0.5, 0.6) is 5.75 Å². The zero-order valence-electron chi connectivity index (χ0n) is 14.4. The van der Waals surface area contributed by atoms with Crippen LogP contribution in [-0.2, 0) is 18.2 Å². The number of hydrogen-bond acceptors (Lipinski definition) is 6. The van der Waals surface area contributed by atoms with E-state index >= 15 is 0 Å². The highest BCUT2D eigenvalue weighted by Crippen LogP contribution is 2.54. The average Bonchev–Trinajstić information content (AvgIpc) is 2.42. The second-order valence-electron chi connectivity index (χ2n) is 5.45. The fraction of sp³-hybridized carbons (Fsp3) is 0.500. The molecule has 23 heavy (non-hydrogen) atoms. The fourth-order valence-corrected chi connectivity index (χ4v) is 5.34. The second-order valence-corrected chi connectivity index (χ2v) is 10.1. The van der Waals surface area contributed by atoms with Crippen molar-refractivity contribution in [3.05, 3.63) is 23.3 Å². The van der Waals surface area contributed by atoms with Gasteiger partial charge in [0.05, 0.1) is 7.11 Å². The van der Waals surface area contributed by atoms with E-state index in [1.54, 1.807) is 45.7 Å².